The van der Waals surface area contributed by atoms with E-state index in [1.54, 1.807) is 0 Å². The molecule has 1 aromatic heterocycles. The molecule has 0 saturated heterocycles. The van der Waals surface area contributed by atoms with Gasteiger partial charge in [0, 0.05) is 16.2 Å². The van der Waals surface area contributed by atoms with Gasteiger partial charge >= 0.3 is 0 Å². The van der Waals surface area contributed by atoms with Crippen LogP contribution in [-0.2, 0) is 5.41 Å². The summed E-state index contributed by atoms with van der Waals surface area (Å²) < 4.78 is 6.42. The van der Waals surface area contributed by atoms with Crippen molar-refractivity contribution >= 4 is 65.0 Å². The lowest BCUT2D eigenvalue weighted by molar-refractivity contribution is 0.668. The quantitative estimate of drug-likeness (QED) is 0.172. The molecule has 1 heteroatoms. The van der Waals surface area contributed by atoms with Crippen molar-refractivity contribution in [3.05, 3.63) is 169 Å². The van der Waals surface area contributed by atoms with Gasteiger partial charge in [0.15, 0.2) is 0 Å². The Bertz CT molecular complexity index is 3010. The Balaban J connectivity index is 1.22. The molecule has 1 aliphatic rings. The normalized spacial score (nSPS) is 13.6. The van der Waals surface area contributed by atoms with E-state index in [1.807, 2.05) is 0 Å². The number of rotatable bonds is 2. The number of benzene rings is 9. The zero-order valence-corrected chi connectivity index (χ0v) is 27.9. The van der Waals surface area contributed by atoms with Crippen LogP contribution in [0.2, 0.25) is 0 Å². The van der Waals surface area contributed by atoms with Gasteiger partial charge < -0.3 is 4.42 Å². The summed E-state index contributed by atoms with van der Waals surface area (Å²) in [5.41, 5.74) is 12.3. The van der Waals surface area contributed by atoms with Crippen LogP contribution in [0.1, 0.15) is 25.0 Å². The highest BCUT2D eigenvalue weighted by molar-refractivity contribution is 6.24. The first-order valence-corrected chi connectivity index (χ1v) is 17.5. The van der Waals surface area contributed by atoms with Crippen molar-refractivity contribution in [3.63, 3.8) is 0 Å². The highest BCUT2D eigenvalue weighted by Gasteiger charge is 2.39. The van der Waals surface area contributed by atoms with Crippen molar-refractivity contribution in [1.29, 1.82) is 0 Å². The van der Waals surface area contributed by atoms with Crippen LogP contribution in [0, 0.1) is 0 Å². The average molecular weight is 637 g/mol. The second-order valence-corrected chi connectivity index (χ2v) is 14.4. The highest BCUT2D eigenvalue weighted by atomic mass is 16.3. The Morgan fingerprint density at radius 1 is 0.380 bits per heavy atom. The lowest BCUT2D eigenvalue weighted by Gasteiger charge is -2.27. The van der Waals surface area contributed by atoms with Crippen molar-refractivity contribution in [2.75, 3.05) is 0 Å². The summed E-state index contributed by atoms with van der Waals surface area (Å²) in [6.45, 7) is 4.83. The maximum Gasteiger partial charge on any atom is 0.136 e. The van der Waals surface area contributed by atoms with Crippen LogP contribution in [0.25, 0.3) is 98.4 Å². The molecule has 9 aromatic carbocycles. The van der Waals surface area contributed by atoms with Gasteiger partial charge in [-0.2, -0.15) is 0 Å². The number of fused-ring (bicyclic) bond motifs is 12. The smallest absolute Gasteiger partial charge is 0.136 e. The molecule has 0 unspecified atom stereocenters. The predicted molar refractivity (Wildman–Crippen MR) is 212 cm³/mol. The maximum atomic E-state index is 6.42. The molecule has 50 heavy (non-hydrogen) atoms. The van der Waals surface area contributed by atoms with Crippen molar-refractivity contribution in [3.8, 4) is 33.4 Å². The molecular weight excluding hydrogens is 605 g/mol. The minimum Gasteiger partial charge on any atom is -0.456 e. The zero-order chi connectivity index (χ0) is 33.1. The maximum absolute atomic E-state index is 6.42. The largest absolute Gasteiger partial charge is 0.456 e. The summed E-state index contributed by atoms with van der Waals surface area (Å²) in [4.78, 5) is 0. The van der Waals surface area contributed by atoms with Gasteiger partial charge in [-0.1, -0.05) is 153 Å². The minimum atomic E-state index is -0.181. The first kappa shape index (κ1) is 27.7. The first-order chi connectivity index (χ1) is 24.6. The fourth-order valence-electron chi connectivity index (χ4n) is 9.39. The third-order valence-corrected chi connectivity index (χ3v) is 11.4. The molecular formula is C49H32O. The van der Waals surface area contributed by atoms with Gasteiger partial charge in [0.1, 0.15) is 11.2 Å². The second kappa shape index (κ2) is 9.94. The zero-order valence-electron chi connectivity index (χ0n) is 27.9. The highest BCUT2D eigenvalue weighted by Crippen LogP contribution is 2.56. The summed E-state index contributed by atoms with van der Waals surface area (Å²) in [5.74, 6) is 0. The molecule has 1 nitrogen and oxygen atoms in total. The molecule has 1 heterocycles. The molecule has 1 aliphatic carbocycles. The fourth-order valence-corrected chi connectivity index (χ4v) is 9.39. The molecule has 0 aliphatic heterocycles. The number of hydrogen-bond donors (Lipinski definition) is 0. The van der Waals surface area contributed by atoms with E-state index in [-0.39, 0.29) is 5.41 Å². The fraction of sp³-hybridized carbons (Fsp3) is 0.0612. The van der Waals surface area contributed by atoms with Gasteiger partial charge in [-0.15, -0.1) is 0 Å². The van der Waals surface area contributed by atoms with E-state index in [0.29, 0.717) is 0 Å². The third kappa shape index (κ3) is 3.62. The van der Waals surface area contributed by atoms with Gasteiger partial charge in [-0.25, -0.2) is 0 Å². The van der Waals surface area contributed by atoms with Crippen LogP contribution in [0.5, 0.6) is 0 Å². The van der Waals surface area contributed by atoms with E-state index in [2.05, 4.69) is 172 Å². The molecule has 11 rings (SSSR count). The summed E-state index contributed by atoms with van der Waals surface area (Å²) in [7, 11) is 0. The Kier molecular flexibility index (Phi) is 5.51. The van der Waals surface area contributed by atoms with Gasteiger partial charge in [0.25, 0.3) is 0 Å². The van der Waals surface area contributed by atoms with Gasteiger partial charge in [0.05, 0.1) is 0 Å². The van der Waals surface area contributed by atoms with Crippen molar-refractivity contribution in [1.82, 2.24) is 0 Å². The molecule has 0 N–H and O–H groups in total. The van der Waals surface area contributed by atoms with Crippen LogP contribution in [0.3, 0.4) is 0 Å². The number of hydrogen-bond acceptors (Lipinski definition) is 1. The second-order valence-electron chi connectivity index (χ2n) is 14.4. The summed E-state index contributed by atoms with van der Waals surface area (Å²) in [6, 6.07) is 58.1. The van der Waals surface area contributed by atoms with Gasteiger partial charge in [-0.05, 0) is 106 Å². The summed E-state index contributed by atoms with van der Waals surface area (Å²) >= 11 is 0. The SMILES string of the molecule is CC1(C)c2c(cccc2-c2c3ccccc3c(-c3ccc4oc5ccc6ccccc6c5c4c3)c3ccccc23)-c2ccc3ccccc3c21. The van der Waals surface area contributed by atoms with Gasteiger partial charge in [-0.3, -0.25) is 0 Å². The van der Waals surface area contributed by atoms with Crippen LogP contribution in [0.15, 0.2) is 162 Å². The number of furan rings is 1. The predicted octanol–water partition coefficient (Wildman–Crippen LogP) is 13.8. The molecule has 0 amide bonds. The molecule has 0 atom stereocenters. The molecule has 10 aromatic rings. The van der Waals surface area contributed by atoms with E-state index in [1.165, 1.54) is 93.0 Å². The molecule has 0 spiro atoms. The van der Waals surface area contributed by atoms with E-state index < -0.39 is 0 Å². The third-order valence-electron chi connectivity index (χ3n) is 11.4. The molecule has 234 valence electrons. The Hall–Kier alpha value is -6.18. The van der Waals surface area contributed by atoms with E-state index in [0.717, 1.165) is 16.6 Å². The Morgan fingerprint density at radius 3 is 1.64 bits per heavy atom. The van der Waals surface area contributed by atoms with Gasteiger partial charge in [0.2, 0.25) is 0 Å². The Morgan fingerprint density at radius 2 is 0.920 bits per heavy atom. The monoisotopic (exact) mass is 636 g/mol. The average Bonchev–Trinajstić information content (AvgIpc) is 3.65. The summed E-state index contributed by atoms with van der Waals surface area (Å²) in [5, 5.41) is 12.5. The lowest BCUT2D eigenvalue weighted by atomic mass is 9.76. The lowest BCUT2D eigenvalue weighted by Crippen LogP contribution is -2.17. The van der Waals surface area contributed by atoms with Crippen LogP contribution in [-0.4, -0.2) is 0 Å². The molecule has 0 saturated carbocycles. The first-order valence-electron chi connectivity index (χ1n) is 17.5. The van der Waals surface area contributed by atoms with E-state index >= 15 is 0 Å². The van der Waals surface area contributed by atoms with Crippen LogP contribution in [0.4, 0.5) is 0 Å². The topological polar surface area (TPSA) is 13.1 Å². The Labute approximate surface area is 290 Å². The van der Waals surface area contributed by atoms with Crippen molar-refractivity contribution in [2.24, 2.45) is 0 Å². The molecule has 0 radical (unpaired) electrons. The molecule has 0 fully saturated rings. The van der Waals surface area contributed by atoms with Crippen molar-refractivity contribution < 1.29 is 4.42 Å². The standard InChI is InChI=1S/C49H32O/c1-49(2)47-33-15-6-4-13-30(33)22-25-39(47)38-20-11-21-40(48(38)49)45-36-18-9-7-16-34(36)44(35-17-8-10-19-37(35)45)31-24-26-42-41(28-31)46-32-14-5-3-12-29(32)23-27-43(46)50-42/h3-28H,1-2H3. The van der Waals surface area contributed by atoms with E-state index in [4.69, 9.17) is 4.42 Å². The molecule has 0 bridgehead atoms. The summed E-state index contributed by atoms with van der Waals surface area (Å²) in [6.07, 6.45) is 0. The van der Waals surface area contributed by atoms with Crippen molar-refractivity contribution in [2.45, 2.75) is 19.3 Å². The van der Waals surface area contributed by atoms with E-state index in [9.17, 15) is 0 Å². The van der Waals surface area contributed by atoms with Crippen LogP contribution >= 0.6 is 0 Å². The van der Waals surface area contributed by atoms with Crippen LogP contribution < -0.4 is 0 Å². The minimum absolute atomic E-state index is 0.181.